The molecule has 18 heavy (non-hydrogen) atoms. The van der Waals surface area contributed by atoms with E-state index in [4.69, 9.17) is 0 Å². The van der Waals surface area contributed by atoms with Crippen LogP contribution in [-0.4, -0.2) is 19.6 Å². The lowest BCUT2D eigenvalue weighted by Gasteiger charge is -2.23. The van der Waals surface area contributed by atoms with E-state index in [9.17, 15) is 0 Å². The fraction of sp³-hybridized carbons (Fsp3) is 0.538. The van der Waals surface area contributed by atoms with E-state index in [1.807, 2.05) is 28.8 Å². The third-order valence-corrected chi connectivity index (χ3v) is 3.67. The van der Waals surface area contributed by atoms with Crippen molar-refractivity contribution in [1.82, 2.24) is 19.6 Å². The highest BCUT2D eigenvalue weighted by molar-refractivity contribution is 5.43. The molecule has 1 atom stereocenters. The highest BCUT2D eigenvalue weighted by Crippen LogP contribution is 2.31. The number of anilines is 1. The van der Waals surface area contributed by atoms with Gasteiger partial charge < -0.3 is 5.32 Å². The summed E-state index contributed by atoms with van der Waals surface area (Å²) < 4.78 is 3.94. The number of nitrogens with zero attached hydrogens (tertiary/aromatic N) is 4. The Kier molecular flexibility index (Phi) is 2.81. The Balaban J connectivity index is 1.81. The molecule has 2 aromatic rings. The predicted molar refractivity (Wildman–Crippen MR) is 70.4 cm³/mol. The summed E-state index contributed by atoms with van der Waals surface area (Å²) in [5.41, 5.74) is 3.80. The quantitative estimate of drug-likeness (QED) is 0.901. The molecular weight excluding hydrogens is 226 g/mol. The van der Waals surface area contributed by atoms with Gasteiger partial charge in [-0.25, -0.2) is 0 Å². The lowest BCUT2D eigenvalue weighted by molar-refractivity contribution is 0.571. The summed E-state index contributed by atoms with van der Waals surface area (Å²) in [5.74, 6) is 0. The van der Waals surface area contributed by atoms with Gasteiger partial charge in [0, 0.05) is 31.0 Å². The average Bonchev–Trinajstić information content (AvgIpc) is 2.98. The van der Waals surface area contributed by atoms with Crippen molar-refractivity contribution in [2.75, 3.05) is 5.32 Å². The lowest BCUT2D eigenvalue weighted by Crippen LogP contribution is -2.17. The Morgan fingerprint density at radius 1 is 1.39 bits per heavy atom. The highest BCUT2D eigenvalue weighted by Gasteiger charge is 2.23. The van der Waals surface area contributed by atoms with Crippen molar-refractivity contribution < 1.29 is 0 Å². The summed E-state index contributed by atoms with van der Waals surface area (Å²) in [7, 11) is 2.02. The minimum absolute atomic E-state index is 0.372. The van der Waals surface area contributed by atoms with Crippen molar-refractivity contribution >= 4 is 5.69 Å². The van der Waals surface area contributed by atoms with E-state index >= 15 is 0 Å². The van der Waals surface area contributed by atoms with Crippen LogP contribution in [0.5, 0.6) is 0 Å². The maximum atomic E-state index is 4.37. The van der Waals surface area contributed by atoms with Crippen LogP contribution in [0.15, 0.2) is 18.6 Å². The molecule has 0 spiro atoms. The van der Waals surface area contributed by atoms with Gasteiger partial charge in [0.05, 0.1) is 24.1 Å². The Morgan fingerprint density at radius 3 is 3.06 bits per heavy atom. The third-order valence-electron chi connectivity index (χ3n) is 3.67. The van der Waals surface area contributed by atoms with Crippen LogP contribution in [0, 0.1) is 0 Å². The minimum Gasteiger partial charge on any atom is -0.376 e. The zero-order valence-electron chi connectivity index (χ0n) is 10.9. The summed E-state index contributed by atoms with van der Waals surface area (Å²) >= 11 is 0. The first-order valence-corrected chi connectivity index (χ1v) is 6.57. The normalized spacial score (nSPS) is 18.7. The van der Waals surface area contributed by atoms with Crippen molar-refractivity contribution in [3.05, 3.63) is 29.8 Å². The van der Waals surface area contributed by atoms with Crippen LogP contribution in [0.3, 0.4) is 0 Å². The van der Waals surface area contributed by atoms with Crippen molar-refractivity contribution in [3.8, 4) is 0 Å². The molecular formula is C13H19N5. The maximum Gasteiger partial charge on any atom is 0.0731 e. The number of nitrogens with one attached hydrogen (secondary N) is 1. The smallest absolute Gasteiger partial charge is 0.0731 e. The molecule has 3 rings (SSSR count). The SMILES string of the molecule is CCn1cc(NC2CCCc3c2cnn3C)cn1. The molecule has 1 aliphatic rings. The molecule has 0 saturated heterocycles. The zero-order chi connectivity index (χ0) is 12.5. The van der Waals surface area contributed by atoms with Gasteiger partial charge in [-0.15, -0.1) is 0 Å². The third kappa shape index (κ3) is 1.89. The van der Waals surface area contributed by atoms with Crippen LogP contribution in [0.1, 0.15) is 37.1 Å². The molecule has 0 saturated carbocycles. The highest BCUT2D eigenvalue weighted by atomic mass is 15.3. The monoisotopic (exact) mass is 245 g/mol. The standard InChI is InChI=1S/C13H19N5/c1-3-18-9-10(7-15-18)16-12-5-4-6-13-11(12)8-14-17(13)2/h7-9,12,16H,3-6H2,1-2H3. The van der Waals surface area contributed by atoms with E-state index in [1.54, 1.807) is 0 Å². The maximum absolute atomic E-state index is 4.37. The van der Waals surface area contributed by atoms with E-state index in [-0.39, 0.29) is 0 Å². The molecule has 0 fully saturated rings. The molecule has 1 unspecified atom stereocenters. The van der Waals surface area contributed by atoms with Gasteiger partial charge in [0.2, 0.25) is 0 Å². The molecule has 5 nitrogen and oxygen atoms in total. The summed E-state index contributed by atoms with van der Waals surface area (Å²) in [6.45, 7) is 3.00. The largest absolute Gasteiger partial charge is 0.376 e. The first-order valence-electron chi connectivity index (χ1n) is 6.57. The Labute approximate surface area is 107 Å². The summed E-state index contributed by atoms with van der Waals surface area (Å²) in [5, 5.41) is 12.2. The number of aromatic nitrogens is 4. The first-order chi connectivity index (χ1) is 8.78. The van der Waals surface area contributed by atoms with Gasteiger partial charge in [-0.05, 0) is 26.2 Å². The zero-order valence-corrected chi connectivity index (χ0v) is 10.9. The second kappa shape index (κ2) is 4.48. The topological polar surface area (TPSA) is 47.7 Å². The number of fused-ring (bicyclic) bond motifs is 1. The van der Waals surface area contributed by atoms with Crippen molar-refractivity contribution in [1.29, 1.82) is 0 Å². The van der Waals surface area contributed by atoms with Gasteiger partial charge in [0.1, 0.15) is 0 Å². The van der Waals surface area contributed by atoms with Crippen LogP contribution < -0.4 is 5.32 Å². The van der Waals surface area contributed by atoms with Crippen molar-refractivity contribution in [3.63, 3.8) is 0 Å². The summed E-state index contributed by atoms with van der Waals surface area (Å²) in [6.07, 6.45) is 9.47. The van der Waals surface area contributed by atoms with Gasteiger partial charge >= 0.3 is 0 Å². The van der Waals surface area contributed by atoms with Crippen LogP contribution in [0.4, 0.5) is 5.69 Å². The number of hydrogen-bond donors (Lipinski definition) is 1. The Morgan fingerprint density at radius 2 is 2.28 bits per heavy atom. The van der Waals surface area contributed by atoms with E-state index in [2.05, 4.69) is 28.6 Å². The van der Waals surface area contributed by atoms with Crippen molar-refractivity contribution in [2.24, 2.45) is 7.05 Å². The molecule has 1 N–H and O–H groups in total. The molecule has 0 bridgehead atoms. The number of aryl methyl sites for hydroxylation is 2. The van der Waals surface area contributed by atoms with Gasteiger partial charge in [-0.2, -0.15) is 10.2 Å². The fourth-order valence-corrected chi connectivity index (χ4v) is 2.67. The van der Waals surface area contributed by atoms with Crippen LogP contribution in [0.2, 0.25) is 0 Å². The van der Waals surface area contributed by atoms with E-state index in [0.29, 0.717) is 6.04 Å². The van der Waals surface area contributed by atoms with E-state index in [0.717, 1.165) is 25.1 Å². The predicted octanol–water partition coefficient (Wildman–Crippen LogP) is 2.13. The second-order valence-electron chi connectivity index (χ2n) is 4.84. The molecule has 0 radical (unpaired) electrons. The summed E-state index contributed by atoms with van der Waals surface area (Å²) in [4.78, 5) is 0. The second-order valence-corrected chi connectivity index (χ2v) is 4.84. The molecule has 0 amide bonds. The van der Waals surface area contributed by atoms with Gasteiger partial charge in [0.25, 0.3) is 0 Å². The molecule has 0 aliphatic heterocycles. The van der Waals surface area contributed by atoms with Gasteiger partial charge in [0.15, 0.2) is 0 Å². The number of rotatable bonds is 3. The first kappa shape index (κ1) is 11.3. The van der Waals surface area contributed by atoms with Crippen LogP contribution in [0.25, 0.3) is 0 Å². The Bertz CT molecular complexity index is 539. The molecule has 2 aromatic heterocycles. The van der Waals surface area contributed by atoms with Crippen LogP contribution >= 0.6 is 0 Å². The average molecular weight is 245 g/mol. The molecule has 0 aromatic carbocycles. The Hall–Kier alpha value is -1.78. The van der Waals surface area contributed by atoms with Gasteiger partial charge in [-0.1, -0.05) is 0 Å². The van der Waals surface area contributed by atoms with Crippen molar-refractivity contribution in [2.45, 2.75) is 38.8 Å². The van der Waals surface area contributed by atoms with Crippen LogP contribution in [-0.2, 0) is 20.0 Å². The van der Waals surface area contributed by atoms with Gasteiger partial charge in [-0.3, -0.25) is 9.36 Å². The molecule has 5 heteroatoms. The molecule has 2 heterocycles. The summed E-state index contributed by atoms with van der Waals surface area (Å²) in [6, 6.07) is 0.372. The van der Waals surface area contributed by atoms with E-state index < -0.39 is 0 Å². The fourth-order valence-electron chi connectivity index (χ4n) is 2.67. The lowest BCUT2D eigenvalue weighted by atomic mass is 9.93. The van der Waals surface area contributed by atoms with E-state index in [1.165, 1.54) is 17.7 Å². The molecule has 96 valence electrons. The molecule has 1 aliphatic carbocycles. The minimum atomic E-state index is 0.372. The number of hydrogen-bond acceptors (Lipinski definition) is 3.